The van der Waals surface area contributed by atoms with Crippen LogP contribution in [-0.2, 0) is 20.5 Å². The largest absolute Gasteiger partial charge is 0.332 e. The van der Waals surface area contributed by atoms with E-state index in [0.717, 1.165) is 4.57 Å². The average Bonchev–Trinajstić information content (AvgIpc) is 2.36. The monoisotopic (exact) mass is 251 g/mol. The molecule has 0 radical (unpaired) electrons. The molecule has 0 aliphatic heterocycles. The third-order valence-corrected chi connectivity index (χ3v) is 2.76. The predicted octanol–water partition coefficient (Wildman–Crippen LogP) is -2.18. The van der Waals surface area contributed by atoms with Crippen LogP contribution >= 0.6 is 0 Å². The number of hydrogen-bond donors (Lipinski definition) is 2. The molecule has 0 unspecified atom stereocenters. The molecule has 3 N–H and O–H groups in total. The van der Waals surface area contributed by atoms with Gasteiger partial charge in [-0.05, 0) is 6.54 Å². The molecule has 0 aliphatic rings. The van der Waals surface area contributed by atoms with E-state index in [1.54, 1.807) is 0 Å². The van der Waals surface area contributed by atoms with E-state index >= 15 is 0 Å². The fraction of sp³-hybridized carbons (Fsp3) is 0.400. The molecule has 2 rings (SSSR count). The van der Waals surface area contributed by atoms with Gasteiger partial charge in [-0.25, -0.2) is 9.78 Å². The van der Waals surface area contributed by atoms with E-state index in [1.807, 2.05) is 0 Å². The number of hydrogen-bond acceptors (Lipinski definition) is 5. The first kappa shape index (κ1) is 12.2. The molecule has 0 fully saturated rings. The van der Waals surface area contributed by atoms with Crippen LogP contribution in [0, 0.1) is 0 Å². The molecule has 0 saturated carbocycles. The Hall–Kier alpha value is -2.22. The number of aromatic amines is 1. The van der Waals surface area contributed by atoms with Crippen molar-refractivity contribution in [3.63, 3.8) is 0 Å². The van der Waals surface area contributed by atoms with Crippen LogP contribution in [-0.4, -0.2) is 25.6 Å². The number of rotatable bonds is 2. The highest BCUT2D eigenvalue weighted by atomic mass is 16.2. The van der Waals surface area contributed by atoms with Gasteiger partial charge in [0.2, 0.25) is 0 Å². The molecule has 0 amide bonds. The van der Waals surface area contributed by atoms with E-state index in [1.165, 1.54) is 18.7 Å². The minimum atomic E-state index is -0.572. The lowest BCUT2D eigenvalue weighted by atomic mass is 10.3. The van der Waals surface area contributed by atoms with Crippen molar-refractivity contribution < 1.29 is 0 Å². The van der Waals surface area contributed by atoms with Crippen LogP contribution in [0.1, 0.15) is 5.69 Å². The molecular weight excluding hydrogens is 238 g/mol. The van der Waals surface area contributed by atoms with Gasteiger partial charge in [-0.2, -0.15) is 0 Å². The van der Waals surface area contributed by atoms with E-state index < -0.39 is 16.8 Å². The standard InChI is InChI=1S/C10H13N5O3/c1-14-7-6(9(17)15(2)10(14)18)13-8(16)5(12-7)3-4-11/h3-4,11H2,1-2H3,(H,13,16). The number of H-pyrrole nitrogens is 1. The Morgan fingerprint density at radius 1 is 1.22 bits per heavy atom. The molecule has 96 valence electrons. The zero-order valence-electron chi connectivity index (χ0n) is 10.1. The van der Waals surface area contributed by atoms with Crippen molar-refractivity contribution in [1.29, 1.82) is 0 Å². The van der Waals surface area contributed by atoms with Gasteiger partial charge in [0.25, 0.3) is 11.1 Å². The molecule has 0 atom stereocenters. The van der Waals surface area contributed by atoms with E-state index in [-0.39, 0.29) is 29.8 Å². The molecular formula is C10H13N5O3. The number of fused-ring (bicyclic) bond motifs is 1. The zero-order valence-corrected chi connectivity index (χ0v) is 10.1. The maximum absolute atomic E-state index is 11.8. The van der Waals surface area contributed by atoms with Gasteiger partial charge in [0.05, 0.1) is 0 Å². The Balaban J connectivity index is 2.99. The van der Waals surface area contributed by atoms with Crippen LogP contribution in [0.2, 0.25) is 0 Å². The fourth-order valence-corrected chi connectivity index (χ4v) is 1.74. The molecule has 2 aromatic heterocycles. The normalized spacial score (nSPS) is 11.1. The highest BCUT2D eigenvalue weighted by Crippen LogP contribution is 1.98. The Morgan fingerprint density at radius 2 is 1.89 bits per heavy atom. The molecule has 0 spiro atoms. The SMILES string of the molecule is Cn1c(=O)c2[nH]c(=O)c(CCN)nc2n(C)c1=O. The minimum absolute atomic E-state index is 0.0189. The van der Waals surface area contributed by atoms with Gasteiger partial charge >= 0.3 is 5.69 Å². The summed E-state index contributed by atoms with van der Waals surface area (Å²) in [5.41, 5.74) is 4.24. The number of nitrogens with zero attached hydrogens (tertiary/aromatic N) is 3. The lowest BCUT2D eigenvalue weighted by Gasteiger charge is -2.07. The van der Waals surface area contributed by atoms with Crippen molar-refractivity contribution in [2.75, 3.05) is 6.54 Å². The minimum Gasteiger partial charge on any atom is -0.330 e. The van der Waals surface area contributed by atoms with Gasteiger partial charge in [0.15, 0.2) is 11.2 Å². The van der Waals surface area contributed by atoms with Crippen LogP contribution in [0.4, 0.5) is 0 Å². The third-order valence-electron chi connectivity index (χ3n) is 2.76. The van der Waals surface area contributed by atoms with Crippen molar-refractivity contribution in [3.8, 4) is 0 Å². The summed E-state index contributed by atoms with van der Waals surface area (Å²) in [5, 5.41) is 0. The first-order valence-corrected chi connectivity index (χ1v) is 5.36. The van der Waals surface area contributed by atoms with Crippen molar-refractivity contribution in [2.45, 2.75) is 6.42 Å². The second-order valence-corrected chi connectivity index (χ2v) is 3.96. The Labute approximate surface area is 101 Å². The van der Waals surface area contributed by atoms with Crippen molar-refractivity contribution in [3.05, 3.63) is 36.9 Å². The zero-order chi connectivity index (χ0) is 13.4. The van der Waals surface area contributed by atoms with Crippen LogP contribution in [0.15, 0.2) is 14.4 Å². The average molecular weight is 251 g/mol. The van der Waals surface area contributed by atoms with E-state index in [2.05, 4.69) is 9.97 Å². The first-order valence-electron chi connectivity index (χ1n) is 5.36. The maximum atomic E-state index is 11.8. The summed E-state index contributed by atoms with van der Waals surface area (Å²) in [6, 6.07) is 0. The topological polar surface area (TPSA) is 116 Å². The van der Waals surface area contributed by atoms with Gasteiger partial charge < -0.3 is 10.7 Å². The Kier molecular flexibility index (Phi) is 2.87. The molecule has 0 aliphatic carbocycles. The van der Waals surface area contributed by atoms with Gasteiger partial charge in [-0.1, -0.05) is 0 Å². The van der Waals surface area contributed by atoms with Crippen LogP contribution in [0.3, 0.4) is 0 Å². The summed E-state index contributed by atoms with van der Waals surface area (Å²) in [5.74, 6) is 0. The second kappa shape index (κ2) is 4.22. The Bertz CT molecular complexity index is 783. The number of aryl methyl sites for hydroxylation is 1. The molecule has 2 heterocycles. The summed E-state index contributed by atoms with van der Waals surface area (Å²) < 4.78 is 2.13. The number of aromatic nitrogens is 4. The van der Waals surface area contributed by atoms with E-state index in [4.69, 9.17) is 5.73 Å². The smallest absolute Gasteiger partial charge is 0.330 e. The summed E-state index contributed by atoms with van der Waals surface area (Å²) >= 11 is 0. The summed E-state index contributed by atoms with van der Waals surface area (Å²) in [7, 11) is 2.83. The first-order chi connectivity index (χ1) is 8.47. The van der Waals surface area contributed by atoms with Gasteiger partial charge in [0, 0.05) is 20.5 Å². The van der Waals surface area contributed by atoms with E-state index in [0.29, 0.717) is 0 Å². The van der Waals surface area contributed by atoms with Crippen molar-refractivity contribution in [1.82, 2.24) is 19.1 Å². The lowest BCUT2D eigenvalue weighted by molar-refractivity contribution is 0.700. The van der Waals surface area contributed by atoms with Crippen molar-refractivity contribution in [2.24, 2.45) is 19.8 Å². The highest BCUT2D eigenvalue weighted by Gasteiger charge is 2.12. The summed E-state index contributed by atoms with van der Waals surface area (Å²) in [6.07, 6.45) is 0.286. The molecule has 0 bridgehead atoms. The van der Waals surface area contributed by atoms with Crippen LogP contribution in [0.25, 0.3) is 11.2 Å². The predicted molar refractivity (Wildman–Crippen MR) is 65.6 cm³/mol. The maximum Gasteiger partial charge on any atom is 0.332 e. The van der Waals surface area contributed by atoms with Gasteiger partial charge in [0.1, 0.15) is 5.69 Å². The Morgan fingerprint density at radius 3 is 2.50 bits per heavy atom. The number of nitrogens with two attached hydrogens (primary N) is 1. The van der Waals surface area contributed by atoms with Crippen LogP contribution < -0.4 is 22.5 Å². The lowest BCUT2D eigenvalue weighted by Crippen LogP contribution is -2.39. The molecule has 8 heteroatoms. The molecule has 0 aromatic carbocycles. The van der Waals surface area contributed by atoms with E-state index in [9.17, 15) is 14.4 Å². The van der Waals surface area contributed by atoms with Gasteiger partial charge in [-0.3, -0.25) is 18.7 Å². The fourth-order valence-electron chi connectivity index (χ4n) is 1.74. The summed E-state index contributed by atoms with van der Waals surface area (Å²) in [6.45, 7) is 0.264. The quantitative estimate of drug-likeness (QED) is 0.629. The molecule has 0 saturated heterocycles. The van der Waals surface area contributed by atoms with Gasteiger partial charge in [-0.15, -0.1) is 0 Å². The molecule has 2 aromatic rings. The van der Waals surface area contributed by atoms with Crippen molar-refractivity contribution >= 4 is 11.2 Å². The highest BCUT2D eigenvalue weighted by molar-refractivity contribution is 5.68. The second-order valence-electron chi connectivity index (χ2n) is 3.96. The molecule has 18 heavy (non-hydrogen) atoms. The summed E-state index contributed by atoms with van der Waals surface area (Å²) in [4.78, 5) is 41.7. The third kappa shape index (κ3) is 1.66. The molecule has 8 nitrogen and oxygen atoms in total. The van der Waals surface area contributed by atoms with Crippen LogP contribution in [0.5, 0.6) is 0 Å². The number of nitrogens with one attached hydrogen (secondary N) is 1.